The number of hydrogen-bond donors (Lipinski definition) is 2. The van der Waals surface area contributed by atoms with Crippen LogP contribution >= 0.6 is 0 Å². The summed E-state index contributed by atoms with van der Waals surface area (Å²) in [5.41, 5.74) is 8.30. The maximum atomic E-state index is 12.2. The second-order valence-corrected chi connectivity index (χ2v) is 6.11. The predicted molar refractivity (Wildman–Crippen MR) is 81.1 cm³/mol. The summed E-state index contributed by atoms with van der Waals surface area (Å²) < 4.78 is 0. The number of rotatable bonds is 2. The van der Waals surface area contributed by atoms with E-state index in [1.165, 1.54) is 0 Å². The van der Waals surface area contributed by atoms with Crippen LogP contribution < -0.4 is 11.1 Å². The van der Waals surface area contributed by atoms with Gasteiger partial charge in [-0.2, -0.15) is 0 Å². The Morgan fingerprint density at radius 2 is 2.19 bits per heavy atom. The van der Waals surface area contributed by atoms with E-state index in [0.29, 0.717) is 11.3 Å². The Bertz CT molecular complexity index is 585. The Morgan fingerprint density at radius 3 is 2.90 bits per heavy atom. The molecule has 0 saturated heterocycles. The molecule has 0 radical (unpaired) electrons. The minimum absolute atomic E-state index is 0.00518. The summed E-state index contributed by atoms with van der Waals surface area (Å²) >= 11 is 0. The van der Waals surface area contributed by atoms with E-state index in [0.717, 1.165) is 37.8 Å². The molecule has 0 aromatic heterocycles. The monoisotopic (exact) mass is 287 g/mol. The van der Waals surface area contributed by atoms with Gasteiger partial charge in [-0.05, 0) is 43.4 Å². The Kier molecular flexibility index (Phi) is 3.68. The fraction of sp³-hybridized carbons (Fsp3) is 0.500. The van der Waals surface area contributed by atoms with Gasteiger partial charge in [-0.15, -0.1) is 0 Å². The molecule has 2 aliphatic rings. The van der Waals surface area contributed by atoms with Crippen molar-refractivity contribution >= 4 is 17.5 Å². The van der Waals surface area contributed by atoms with Gasteiger partial charge in [-0.25, -0.2) is 0 Å². The Hall–Kier alpha value is -1.88. The zero-order chi connectivity index (χ0) is 15.0. The van der Waals surface area contributed by atoms with Crippen molar-refractivity contribution in [1.29, 1.82) is 0 Å². The lowest BCUT2D eigenvalue weighted by molar-refractivity contribution is -0.119. The van der Waals surface area contributed by atoms with Gasteiger partial charge in [0.15, 0.2) is 0 Å². The summed E-state index contributed by atoms with van der Waals surface area (Å²) in [4.78, 5) is 26.1. The van der Waals surface area contributed by atoms with Gasteiger partial charge in [0.25, 0.3) is 5.91 Å². The first kappa shape index (κ1) is 14.1. The molecule has 5 heteroatoms. The summed E-state index contributed by atoms with van der Waals surface area (Å²) in [5.74, 6) is 0.0316. The van der Waals surface area contributed by atoms with E-state index >= 15 is 0 Å². The molecule has 1 saturated carbocycles. The number of benzene rings is 1. The SMILES string of the molecule is CN1CCc2ccc(NC(=O)C3CCC(N)C3)cc2C1=O. The zero-order valence-corrected chi connectivity index (χ0v) is 12.3. The number of likely N-dealkylation sites (N-methyl/N-ethyl adjacent to an activating group) is 1. The molecular formula is C16H21N3O2. The van der Waals surface area contributed by atoms with Crippen molar-refractivity contribution in [1.82, 2.24) is 4.90 Å². The third kappa shape index (κ3) is 2.78. The maximum Gasteiger partial charge on any atom is 0.253 e. The summed E-state index contributed by atoms with van der Waals surface area (Å²) in [6, 6.07) is 5.75. The molecule has 1 aliphatic heterocycles. The zero-order valence-electron chi connectivity index (χ0n) is 12.3. The number of carbonyl (C=O) groups is 2. The van der Waals surface area contributed by atoms with Gasteiger partial charge >= 0.3 is 0 Å². The molecule has 2 unspecified atom stereocenters. The first-order valence-corrected chi connectivity index (χ1v) is 7.49. The average Bonchev–Trinajstić information content (AvgIpc) is 2.90. The van der Waals surface area contributed by atoms with E-state index in [4.69, 9.17) is 5.73 Å². The van der Waals surface area contributed by atoms with Gasteiger partial charge < -0.3 is 16.0 Å². The first-order valence-electron chi connectivity index (χ1n) is 7.49. The quantitative estimate of drug-likeness (QED) is 0.863. The molecule has 112 valence electrons. The second kappa shape index (κ2) is 5.48. The van der Waals surface area contributed by atoms with Crippen molar-refractivity contribution in [3.63, 3.8) is 0 Å². The minimum atomic E-state index is -0.00518. The van der Waals surface area contributed by atoms with Crippen molar-refractivity contribution in [3.05, 3.63) is 29.3 Å². The Morgan fingerprint density at radius 1 is 1.38 bits per heavy atom. The molecule has 1 aliphatic carbocycles. The van der Waals surface area contributed by atoms with Gasteiger partial charge in [-0.3, -0.25) is 9.59 Å². The van der Waals surface area contributed by atoms with Crippen LogP contribution in [0, 0.1) is 5.92 Å². The smallest absolute Gasteiger partial charge is 0.253 e. The van der Waals surface area contributed by atoms with Crippen molar-refractivity contribution in [2.75, 3.05) is 18.9 Å². The third-order valence-corrected chi connectivity index (χ3v) is 4.52. The molecule has 5 nitrogen and oxygen atoms in total. The van der Waals surface area contributed by atoms with Crippen LogP contribution in [0.1, 0.15) is 35.2 Å². The van der Waals surface area contributed by atoms with Gasteiger partial charge in [0.05, 0.1) is 0 Å². The molecule has 0 spiro atoms. The average molecular weight is 287 g/mol. The Labute approximate surface area is 124 Å². The fourth-order valence-electron chi connectivity index (χ4n) is 3.17. The van der Waals surface area contributed by atoms with Gasteiger partial charge in [0.1, 0.15) is 0 Å². The van der Waals surface area contributed by atoms with E-state index in [1.54, 1.807) is 18.0 Å². The van der Waals surface area contributed by atoms with Crippen molar-refractivity contribution < 1.29 is 9.59 Å². The standard InChI is InChI=1S/C16H21N3O2/c1-19-7-6-10-3-5-13(9-14(10)16(19)21)18-15(20)11-2-4-12(17)8-11/h3,5,9,11-12H,2,4,6-8,17H2,1H3,(H,18,20). The van der Waals surface area contributed by atoms with Gasteiger partial charge in [0.2, 0.25) is 5.91 Å². The molecule has 1 aromatic rings. The highest BCUT2D eigenvalue weighted by molar-refractivity contribution is 5.99. The number of nitrogens with one attached hydrogen (secondary N) is 1. The van der Waals surface area contributed by atoms with Crippen LogP contribution in [0.3, 0.4) is 0 Å². The maximum absolute atomic E-state index is 12.2. The normalized spacial score (nSPS) is 24.9. The summed E-state index contributed by atoms with van der Waals surface area (Å²) in [6.45, 7) is 0.748. The first-order chi connectivity index (χ1) is 10.0. The number of hydrogen-bond acceptors (Lipinski definition) is 3. The lowest BCUT2D eigenvalue weighted by Crippen LogP contribution is -2.34. The number of nitrogens with two attached hydrogens (primary N) is 1. The highest BCUT2D eigenvalue weighted by atomic mass is 16.2. The molecular weight excluding hydrogens is 266 g/mol. The lowest BCUT2D eigenvalue weighted by Gasteiger charge is -2.25. The largest absolute Gasteiger partial charge is 0.341 e. The summed E-state index contributed by atoms with van der Waals surface area (Å²) in [7, 11) is 1.80. The van der Waals surface area contributed by atoms with Gasteiger partial charge in [-0.1, -0.05) is 6.07 Å². The second-order valence-electron chi connectivity index (χ2n) is 6.11. The molecule has 3 rings (SSSR count). The van der Waals surface area contributed by atoms with E-state index in [1.807, 2.05) is 12.1 Å². The molecule has 1 heterocycles. The van der Waals surface area contributed by atoms with Crippen LogP contribution in [0.5, 0.6) is 0 Å². The Balaban J connectivity index is 1.75. The lowest BCUT2D eigenvalue weighted by atomic mass is 9.98. The molecule has 2 amide bonds. The van der Waals surface area contributed by atoms with Crippen LogP contribution in [0.4, 0.5) is 5.69 Å². The number of amides is 2. The number of carbonyl (C=O) groups excluding carboxylic acids is 2. The summed E-state index contributed by atoms with van der Waals surface area (Å²) in [5, 5.41) is 2.92. The molecule has 3 N–H and O–H groups in total. The molecule has 1 aromatic carbocycles. The van der Waals surface area contributed by atoms with Crippen molar-refractivity contribution in [2.45, 2.75) is 31.7 Å². The molecule has 0 bridgehead atoms. The third-order valence-electron chi connectivity index (χ3n) is 4.52. The number of nitrogens with zero attached hydrogens (tertiary/aromatic N) is 1. The van der Waals surface area contributed by atoms with E-state index < -0.39 is 0 Å². The van der Waals surface area contributed by atoms with E-state index in [-0.39, 0.29) is 23.8 Å². The fourth-order valence-corrected chi connectivity index (χ4v) is 3.17. The van der Waals surface area contributed by atoms with Crippen LogP contribution in [-0.2, 0) is 11.2 Å². The van der Waals surface area contributed by atoms with Gasteiger partial charge in [0, 0.05) is 36.8 Å². The molecule has 21 heavy (non-hydrogen) atoms. The summed E-state index contributed by atoms with van der Waals surface area (Å²) in [6.07, 6.45) is 3.37. The highest BCUT2D eigenvalue weighted by Gasteiger charge is 2.28. The number of fused-ring (bicyclic) bond motifs is 1. The minimum Gasteiger partial charge on any atom is -0.341 e. The predicted octanol–water partition coefficient (Wildman–Crippen LogP) is 1.38. The molecule has 1 fully saturated rings. The highest BCUT2D eigenvalue weighted by Crippen LogP contribution is 2.27. The topological polar surface area (TPSA) is 75.4 Å². The molecule has 2 atom stereocenters. The van der Waals surface area contributed by atoms with E-state index in [2.05, 4.69) is 5.32 Å². The van der Waals surface area contributed by atoms with Crippen LogP contribution in [0.25, 0.3) is 0 Å². The number of anilines is 1. The van der Waals surface area contributed by atoms with Crippen molar-refractivity contribution in [3.8, 4) is 0 Å². The van der Waals surface area contributed by atoms with Crippen LogP contribution in [0.15, 0.2) is 18.2 Å². The van der Waals surface area contributed by atoms with Crippen LogP contribution in [0.2, 0.25) is 0 Å². The van der Waals surface area contributed by atoms with E-state index in [9.17, 15) is 9.59 Å². The van der Waals surface area contributed by atoms with Crippen molar-refractivity contribution in [2.24, 2.45) is 11.7 Å². The van der Waals surface area contributed by atoms with Crippen LogP contribution in [-0.4, -0.2) is 36.3 Å².